The average Bonchev–Trinajstić information content (AvgIpc) is 2.79. The monoisotopic (exact) mass is 320 g/mol. The second-order valence-electron chi connectivity index (χ2n) is 6.61. The third kappa shape index (κ3) is 5.75. The summed E-state index contributed by atoms with van der Waals surface area (Å²) in [7, 11) is 1.74. The molecular weight excluding hydrogens is 292 g/mol. The van der Waals surface area contributed by atoms with Crippen LogP contribution >= 0.6 is 0 Å². The van der Waals surface area contributed by atoms with Gasteiger partial charge in [-0.1, -0.05) is 18.2 Å². The van der Waals surface area contributed by atoms with Crippen LogP contribution in [0.25, 0.3) is 0 Å². The maximum Gasteiger partial charge on any atom is 0.317 e. The average molecular weight is 320 g/mol. The van der Waals surface area contributed by atoms with E-state index in [9.17, 15) is 4.79 Å². The van der Waals surface area contributed by atoms with Crippen LogP contribution in [0.4, 0.5) is 4.79 Å². The van der Waals surface area contributed by atoms with Crippen LogP contribution in [0, 0.1) is 0 Å². The van der Waals surface area contributed by atoms with Gasteiger partial charge in [-0.15, -0.1) is 0 Å². The van der Waals surface area contributed by atoms with Crippen molar-refractivity contribution in [3.8, 4) is 5.75 Å². The van der Waals surface area contributed by atoms with E-state index in [-0.39, 0.29) is 12.1 Å². The van der Waals surface area contributed by atoms with Crippen molar-refractivity contribution in [2.24, 2.45) is 0 Å². The van der Waals surface area contributed by atoms with E-state index in [0.717, 1.165) is 38.1 Å². The molecule has 0 aliphatic carbocycles. The van der Waals surface area contributed by atoms with Gasteiger partial charge in [0.05, 0.1) is 12.6 Å². The number of methoxy groups -OCH3 is 1. The second kappa shape index (κ2) is 8.20. The van der Waals surface area contributed by atoms with Crippen LogP contribution < -0.4 is 10.1 Å². The van der Waals surface area contributed by atoms with Crippen LogP contribution in [0.3, 0.4) is 0 Å². The third-order valence-corrected chi connectivity index (χ3v) is 4.10. The number of rotatable bonds is 5. The van der Waals surface area contributed by atoms with Gasteiger partial charge in [-0.05, 0) is 45.2 Å². The molecule has 2 amide bonds. The molecule has 1 unspecified atom stereocenters. The van der Waals surface area contributed by atoms with Gasteiger partial charge in [-0.3, -0.25) is 0 Å². The molecule has 1 heterocycles. The SMILES string of the molecule is COC1CCCN(C(=O)NCC(C)(C)Oc2ccccc2)CC1. The van der Waals surface area contributed by atoms with Crippen LogP contribution in [-0.2, 0) is 4.74 Å². The Kier molecular flexibility index (Phi) is 6.28. The van der Waals surface area contributed by atoms with E-state index < -0.39 is 5.60 Å². The molecule has 0 aromatic heterocycles. The van der Waals surface area contributed by atoms with Crippen LogP contribution in [0.15, 0.2) is 30.3 Å². The zero-order chi connectivity index (χ0) is 16.7. The van der Waals surface area contributed by atoms with E-state index in [4.69, 9.17) is 9.47 Å². The number of para-hydroxylation sites is 1. The number of nitrogens with one attached hydrogen (secondary N) is 1. The van der Waals surface area contributed by atoms with Crippen molar-refractivity contribution in [2.75, 3.05) is 26.7 Å². The summed E-state index contributed by atoms with van der Waals surface area (Å²) in [5.41, 5.74) is -0.460. The highest BCUT2D eigenvalue weighted by Gasteiger charge is 2.24. The van der Waals surface area contributed by atoms with Gasteiger partial charge in [0.2, 0.25) is 0 Å². The molecule has 0 spiro atoms. The summed E-state index contributed by atoms with van der Waals surface area (Å²) in [5, 5.41) is 2.99. The van der Waals surface area contributed by atoms with Crippen LogP contribution in [-0.4, -0.2) is 49.4 Å². The largest absolute Gasteiger partial charge is 0.486 e. The molecule has 0 radical (unpaired) electrons. The fourth-order valence-electron chi connectivity index (χ4n) is 2.75. The molecule has 1 atom stereocenters. The first-order valence-corrected chi connectivity index (χ1v) is 8.30. The first kappa shape index (κ1) is 17.6. The first-order chi connectivity index (χ1) is 11.0. The molecule has 1 aromatic carbocycles. The maximum absolute atomic E-state index is 12.4. The van der Waals surface area contributed by atoms with Crippen molar-refractivity contribution in [3.63, 3.8) is 0 Å². The molecule has 1 aliphatic rings. The topological polar surface area (TPSA) is 50.8 Å². The highest BCUT2D eigenvalue weighted by atomic mass is 16.5. The number of carbonyl (C=O) groups excluding carboxylic acids is 1. The second-order valence-corrected chi connectivity index (χ2v) is 6.61. The summed E-state index contributed by atoms with van der Waals surface area (Å²) in [6, 6.07) is 9.65. The number of likely N-dealkylation sites (tertiary alicyclic amines) is 1. The number of hydrogen-bond acceptors (Lipinski definition) is 3. The lowest BCUT2D eigenvalue weighted by atomic mass is 10.1. The Morgan fingerprint density at radius 3 is 2.70 bits per heavy atom. The summed E-state index contributed by atoms with van der Waals surface area (Å²) in [6.45, 7) is 5.94. The minimum atomic E-state index is -0.460. The van der Waals surface area contributed by atoms with Crippen LogP contribution in [0.2, 0.25) is 0 Å². The minimum Gasteiger partial charge on any atom is -0.486 e. The van der Waals surface area contributed by atoms with Gasteiger partial charge < -0.3 is 19.7 Å². The van der Waals surface area contributed by atoms with Crippen molar-refractivity contribution in [1.29, 1.82) is 0 Å². The lowest BCUT2D eigenvalue weighted by Crippen LogP contribution is -2.48. The van der Waals surface area contributed by atoms with Gasteiger partial charge >= 0.3 is 6.03 Å². The van der Waals surface area contributed by atoms with Gasteiger partial charge in [-0.2, -0.15) is 0 Å². The Balaban J connectivity index is 1.80. The maximum atomic E-state index is 12.4. The van der Waals surface area contributed by atoms with Crippen molar-refractivity contribution in [2.45, 2.75) is 44.8 Å². The van der Waals surface area contributed by atoms with Crippen LogP contribution in [0.1, 0.15) is 33.1 Å². The Labute approximate surface area is 139 Å². The Morgan fingerprint density at radius 2 is 2.00 bits per heavy atom. The highest BCUT2D eigenvalue weighted by molar-refractivity contribution is 5.74. The van der Waals surface area contributed by atoms with Gasteiger partial charge in [0.15, 0.2) is 0 Å². The zero-order valence-corrected chi connectivity index (χ0v) is 14.4. The van der Waals surface area contributed by atoms with Gasteiger partial charge in [-0.25, -0.2) is 4.79 Å². The number of urea groups is 1. The normalized spacial score (nSPS) is 19.1. The number of nitrogens with zero attached hydrogens (tertiary/aromatic N) is 1. The van der Waals surface area contributed by atoms with Gasteiger partial charge in [0.1, 0.15) is 11.4 Å². The quantitative estimate of drug-likeness (QED) is 0.907. The van der Waals surface area contributed by atoms with E-state index in [2.05, 4.69) is 5.32 Å². The first-order valence-electron chi connectivity index (χ1n) is 8.30. The fourth-order valence-corrected chi connectivity index (χ4v) is 2.75. The Bertz CT molecular complexity index is 490. The predicted octanol–water partition coefficient (Wildman–Crippen LogP) is 3.05. The number of ether oxygens (including phenoxy) is 2. The Hall–Kier alpha value is -1.75. The number of benzene rings is 1. The van der Waals surface area contributed by atoms with Crippen molar-refractivity contribution in [1.82, 2.24) is 10.2 Å². The minimum absolute atomic E-state index is 0.0218. The van der Waals surface area contributed by atoms with E-state index in [1.807, 2.05) is 49.1 Å². The summed E-state index contributed by atoms with van der Waals surface area (Å²) in [5.74, 6) is 0.810. The van der Waals surface area contributed by atoms with E-state index in [1.165, 1.54) is 0 Å². The molecule has 1 fully saturated rings. The molecule has 1 aromatic rings. The molecular formula is C18H28N2O3. The molecule has 0 saturated carbocycles. The summed E-state index contributed by atoms with van der Waals surface area (Å²) >= 11 is 0. The van der Waals surface area contributed by atoms with E-state index in [1.54, 1.807) is 7.11 Å². The highest BCUT2D eigenvalue weighted by Crippen LogP contribution is 2.17. The van der Waals surface area contributed by atoms with Crippen molar-refractivity contribution >= 4 is 6.03 Å². The standard InChI is InChI=1S/C18H28N2O3/c1-18(2,23-16-8-5-4-6-9-16)14-19-17(21)20-12-7-10-15(22-3)11-13-20/h4-6,8-9,15H,7,10-14H2,1-3H3,(H,19,21). The van der Waals surface area contributed by atoms with Crippen molar-refractivity contribution < 1.29 is 14.3 Å². The summed E-state index contributed by atoms with van der Waals surface area (Å²) in [6.07, 6.45) is 3.16. The third-order valence-electron chi connectivity index (χ3n) is 4.10. The molecule has 1 saturated heterocycles. The van der Waals surface area contributed by atoms with Gasteiger partial charge in [0.25, 0.3) is 0 Å². The van der Waals surface area contributed by atoms with Gasteiger partial charge in [0, 0.05) is 20.2 Å². The number of amides is 2. The van der Waals surface area contributed by atoms with E-state index >= 15 is 0 Å². The smallest absolute Gasteiger partial charge is 0.317 e. The molecule has 5 heteroatoms. The molecule has 128 valence electrons. The lowest BCUT2D eigenvalue weighted by molar-refractivity contribution is 0.0897. The molecule has 23 heavy (non-hydrogen) atoms. The zero-order valence-electron chi connectivity index (χ0n) is 14.4. The predicted molar refractivity (Wildman–Crippen MR) is 90.8 cm³/mol. The number of carbonyl (C=O) groups is 1. The molecule has 0 bridgehead atoms. The molecule has 1 aliphatic heterocycles. The van der Waals surface area contributed by atoms with E-state index in [0.29, 0.717) is 6.54 Å². The lowest BCUT2D eigenvalue weighted by Gasteiger charge is -2.29. The Morgan fingerprint density at radius 1 is 1.26 bits per heavy atom. The fraction of sp³-hybridized carbons (Fsp3) is 0.611. The molecule has 5 nitrogen and oxygen atoms in total. The van der Waals surface area contributed by atoms with Crippen molar-refractivity contribution in [3.05, 3.63) is 30.3 Å². The molecule has 2 rings (SSSR count). The summed E-state index contributed by atoms with van der Waals surface area (Å²) in [4.78, 5) is 14.2. The molecule has 1 N–H and O–H groups in total. The summed E-state index contributed by atoms with van der Waals surface area (Å²) < 4.78 is 11.3. The van der Waals surface area contributed by atoms with Crippen LogP contribution in [0.5, 0.6) is 5.75 Å². The number of hydrogen-bond donors (Lipinski definition) is 1.